The van der Waals surface area contributed by atoms with Crippen LogP contribution in [0.3, 0.4) is 0 Å². The number of hydrogen-bond donors (Lipinski definition) is 1. The highest BCUT2D eigenvalue weighted by atomic mass is 16.4. The molecule has 3 atom stereocenters. The van der Waals surface area contributed by atoms with Gasteiger partial charge in [0.2, 0.25) is 5.91 Å². The molecule has 4 heteroatoms. The average Bonchev–Trinajstić information content (AvgIpc) is 3.04. The molecule has 1 N–H and O–H groups in total. The van der Waals surface area contributed by atoms with Gasteiger partial charge in [-0.15, -0.1) is 0 Å². The van der Waals surface area contributed by atoms with Crippen molar-refractivity contribution < 1.29 is 14.7 Å². The van der Waals surface area contributed by atoms with E-state index in [1.165, 1.54) is 12.8 Å². The summed E-state index contributed by atoms with van der Waals surface area (Å²) in [5.74, 6) is -1.12. The molecule has 102 valence electrons. The molecule has 2 fully saturated rings. The van der Waals surface area contributed by atoms with Gasteiger partial charge in [-0.25, -0.2) is 0 Å². The van der Waals surface area contributed by atoms with Crippen molar-refractivity contribution in [2.24, 2.45) is 17.3 Å². The molecule has 3 unspecified atom stereocenters. The molecule has 1 heterocycles. The lowest BCUT2D eigenvalue weighted by molar-refractivity contribution is -0.155. The standard InChI is InChI=1S/C14H23NO3/c1-4-14(5-6-14)8-15-10(3)12(13(17)18)9(2)7-11(15)16/h9-10,12H,4-8H2,1-3H3,(H,17,18). The van der Waals surface area contributed by atoms with Crippen LogP contribution < -0.4 is 0 Å². The van der Waals surface area contributed by atoms with Gasteiger partial charge in [-0.2, -0.15) is 0 Å². The van der Waals surface area contributed by atoms with Crippen LogP contribution in [0.25, 0.3) is 0 Å². The second kappa shape index (κ2) is 4.56. The monoisotopic (exact) mass is 253 g/mol. The highest BCUT2D eigenvalue weighted by Gasteiger charge is 2.48. The molecular formula is C14H23NO3. The van der Waals surface area contributed by atoms with Crippen LogP contribution in [0.5, 0.6) is 0 Å². The molecular weight excluding hydrogens is 230 g/mol. The van der Waals surface area contributed by atoms with Crippen LogP contribution in [-0.2, 0) is 9.59 Å². The number of carboxylic acid groups (broad SMARTS) is 1. The van der Waals surface area contributed by atoms with Crippen molar-refractivity contribution in [1.82, 2.24) is 4.90 Å². The minimum Gasteiger partial charge on any atom is -0.481 e. The van der Waals surface area contributed by atoms with Crippen LogP contribution >= 0.6 is 0 Å². The summed E-state index contributed by atoms with van der Waals surface area (Å²) >= 11 is 0. The minimum absolute atomic E-state index is 0.0574. The topological polar surface area (TPSA) is 57.6 Å². The van der Waals surface area contributed by atoms with Gasteiger partial charge < -0.3 is 10.0 Å². The van der Waals surface area contributed by atoms with E-state index in [-0.39, 0.29) is 23.3 Å². The quantitative estimate of drug-likeness (QED) is 0.835. The second-order valence-corrected chi connectivity index (χ2v) is 6.16. The van der Waals surface area contributed by atoms with Gasteiger partial charge in [0, 0.05) is 19.0 Å². The molecule has 1 amide bonds. The van der Waals surface area contributed by atoms with E-state index in [2.05, 4.69) is 6.92 Å². The molecule has 0 spiro atoms. The van der Waals surface area contributed by atoms with Gasteiger partial charge >= 0.3 is 5.97 Å². The molecule has 1 saturated carbocycles. The van der Waals surface area contributed by atoms with Crippen molar-refractivity contribution in [2.45, 2.75) is 52.5 Å². The molecule has 0 aromatic carbocycles. The first-order chi connectivity index (χ1) is 8.40. The molecule has 1 saturated heterocycles. The fourth-order valence-corrected chi connectivity index (χ4v) is 3.26. The molecule has 0 aromatic heterocycles. The van der Waals surface area contributed by atoms with Crippen LogP contribution in [0.1, 0.15) is 46.5 Å². The van der Waals surface area contributed by atoms with E-state index in [9.17, 15) is 14.7 Å². The first-order valence-corrected chi connectivity index (χ1v) is 6.92. The van der Waals surface area contributed by atoms with Crippen molar-refractivity contribution >= 4 is 11.9 Å². The number of piperidine rings is 1. The van der Waals surface area contributed by atoms with Gasteiger partial charge in [-0.05, 0) is 37.5 Å². The SMILES string of the molecule is CCC1(CN2C(=O)CC(C)C(C(=O)O)C2C)CC1. The lowest BCUT2D eigenvalue weighted by Gasteiger charge is -2.42. The molecule has 0 aromatic rings. The molecule has 0 radical (unpaired) electrons. The number of carbonyl (C=O) groups excluding carboxylic acids is 1. The van der Waals surface area contributed by atoms with Gasteiger partial charge in [0.1, 0.15) is 0 Å². The summed E-state index contributed by atoms with van der Waals surface area (Å²) in [5, 5.41) is 9.32. The van der Waals surface area contributed by atoms with E-state index in [0.717, 1.165) is 13.0 Å². The molecule has 18 heavy (non-hydrogen) atoms. The number of nitrogens with zero attached hydrogens (tertiary/aromatic N) is 1. The highest BCUT2D eigenvalue weighted by Crippen LogP contribution is 2.50. The van der Waals surface area contributed by atoms with Crippen LogP contribution in [0.4, 0.5) is 0 Å². The summed E-state index contributed by atoms with van der Waals surface area (Å²) in [7, 11) is 0. The number of amides is 1. The Bertz CT molecular complexity index is 362. The van der Waals surface area contributed by atoms with Gasteiger partial charge in [-0.3, -0.25) is 9.59 Å². The summed E-state index contributed by atoms with van der Waals surface area (Å²) in [5.41, 5.74) is 0.285. The first-order valence-electron chi connectivity index (χ1n) is 6.92. The number of carboxylic acids is 1. The number of likely N-dealkylation sites (tertiary alicyclic amines) is 1. The van der Waals surface area contributed by atoms with E-state index in [0.29, 0.717) is 6.42 Å². The van der Waals surface area contributed by atoms with Gasteiger partial charge in [0.15, 0.2) is 0 Å². The Morgan fingerprint density at radius 2 is 2.06 bits per heavy atom. The van der Waals surface area contributed by atoms with Crippen LogP contribution in [0, 0.1) is 17.3 Å². The predicted octanol–water partition coefficient (Wildman–Crippen LogP) is 2.13. The van der Waals surface area contributed by atoms with E-state index >= 15 is 0 Å². The van der Waals surface area contributed by atoms with E-state index < -0.39 is 11.9 Å². The van der Waals surface area contributed by atoms with Crippen LogP contribution in [0.15, 0.2) is 0 Å². The number of hydrogen-bond acceptors (Lipinski definition) is 2. The van der Waals surface area contributed by atoms with Gasteiger partial charge in [0.25, 0.3) is 0 Å². The fourth-order valence-electron chi connectivity index (χ4n) is 3.26. The zero-order valence-corrected chi connectivity index (χ0v) is 11.5. The molecule has 2 rings (SSSR count). The molecule has 1 aliphatic heterocycles. The average molecular weight is 253 g/mol. The Morgan fingerprint density at radius 1 is 1.44 bits per heavy atom. The largest absolute Gasteiger partial charge is 0.481 e. The zero-order chi connectivity index (χ0) is 13.5. The fraction of sp³-hybridized carbons (Fsp3) is 0.857. The highest BCUT2D eigenvalue weighted by molar-refractivity contribution is 5.82. The van der Waals surface area contributed by atoms with Crippen molar-refractivity contribution in [2.75, 3.05) is 6.54 Å². The predicted molar refractivity (Wildman–Crippen MR) is 68.0 cm³/mol. The summed E-state index contributed by atoms with van der Waals surface area (Å²) < 4.78 is 0. The Hall–Kier alpha value is -1.06. The number of aliphatic carboxylic acids is 1. The lowest BCUT2D eigenvalue weighted by atomic mass is 9.80. The van der Waals surface area contributed by atoms with E-state index in [1.54, 1.807) is 0 Å². The summed E-state index contributed by atoms with van der Waals surface area (Å²) in [6, 6.07) is -0.178. The maximum Gasteiger partial charge on any atom is 0.308 e. The Morgan fingerprint density at radius 3 is 2.50 bits per heavy atom. The summed E-state index contributed by atoms with van der Waals surface area (Å²) in [4.78, 5) is 25.3. The zero-order valence-electron chi connectivity index (χ0n) is 11.5. The van der Waals surface area contributed by atoms with Gasteiger partial charge in [-0.1, -0.05) is 13.8 Å². The van der Waals surface area contributed by atoms with Crippen molar-refractivity contribution in [3.05, 3.63) is 0 Å². The van der Waals surface area contributed by atoms with Gasteiger partial charge in [0.05, 0.1) is 5.92 Å². The van der Waals surface area contributed by atoms with Crippen molar-refractivity contribution in [3.8, 4) is 0 Å². The molecule has 4 nitrogen and oxygen atoms in total. The Kier molecular flexibility index (Phi) is 3.39. The Balaban J connectivity index is 2.13. The third kappa shape index (κ3) is 2.25. The normalized spacial score (nSPS) is 34.5. The third-order valence-electron chi connectivity index (χ3n) is 4.94. The maximum atomic E-state index is 12.1. The molecule has 0 bridgehead atoms. The van der Waals surface area contributed by atoms with Crippen molar-refractivity contribution in [3.63, 3.8) is 0 Å². The lowest BCUT2D eigenvalue weighted by Crippen LogP contribution is -2.54. The van der Waals surface area contributed by atoms with Crippen LogP contribution in [0.2, 0.25) is 0 Å². The van der Waals surface area contributed by atoms with E-state index in [4.69, 9.17) is 0 Å². The molecule has 1 aliphatic carbocycles. The first kappa shape index (κ1) is 13.4. The number of rotatable bonds is 4. The summed E-state index contributed by atoms with van der Waals surface area (Å²) in [6.45, 7) is 6.67. The molecule has 2 aliphatic rings. The van der Waals surface area contributed by atoms with Crippen LogP contribution in [-0.4, -0.2) is 34.5 Å². The minimum atomic E-state index is -0.770. The smallest absolute Gasteiger partial charge is 0.308 e. The van der Waals surface area contributed by atoms with E-state index in [1.807, 2.05) is 18.7 Å². The Labute approximate surface area is 108 Å². The van der Waals surface area contributed by atoms with Crippen molar-refractivity contribution in [1.29, 1.82) is 0 Å². The maximum absolute atomic E-state index is 12.1. The third-order valence-corrected chi connectivity index (χ3v) is 4.94. The second-order valence-electron chi connectivity index (χ2n) is 6.16. The number of carbonyl (C=O) groups is 2. The summed E-state index contributed by atoms with van der Waals surface area (Å²) in [6.07, 6.45) is 3.80.